The molecule has 0 spiro atoms. The molecule has 0 saturated heterocycles. The van der Waals surface area contributed by atoms with E-state index in [1.807, 2.05) is 0 Å². The van der Waals surface area contributed by atoms with Crippen molar-refractivity contribution in [1.82, 2.24) is 0 Å². The minimum Gasteiger partial charge on any atom is -0.310 e. The molecule has 1 nitrogen and oxygen atoms in total. The van der Waals surface area contributed by atoms with Gasteiger partial charge in [-0.05, 0) is 113 Å². The van der Waals surface area contributed by atoms with Crippen molar-refractivity contribution in [2.45, 2.75) is 24.7 Å². The maximum atomic E-state index is 2.50. The van der Waals surface area contributed by atoms with Gasteiger partial charge in [-0.3, -0.25) is 0 Å². The molecular formula is C56H41N. The quantitative estimate of drug-likeness (QED) is 0.160. The lowest BCUT2D eigenvalue weighted by Crippen LogP contribution is -2.49. The molecule has 1 aliphatic carbocycles. The summed E-state index contributed by atoms with van der Waals surface area (Å²) >= 11 is 0. The van der Waals surface area contributed by atoms with Crippen LogP contribution in [0.15, 0.2) is 212 Å². The molecule has 1 aliphatic rings. The van der Waals surface area contributed by atoms with Crippen LogP contribution in [-0.2, 0) is 10.8 Å². The van der Waals surface area contributed by atoms with Gasteiger partial charge in [0.1, 0.15) is 0 Å². The van der Waals surface area contributed by atoms with Gasteiger partial charge in [0.05, 0.1) is 0 Å². The smallest absolute Gasteiger partial charge is 0.0468 e. The highest BCUT2D eigenvalue weighted by Crippen LogP contribution is 2.62. The fourth-order valence-electron chi connectivity index (χ4n) is 10.2. The molecule has 0 saturated carbocycles. The standard InChI is InChI=1S/C56H41N/c1-55(43-20-5-3-6-21-43)53-37-47(57(45-28-25-38-15-9-11-18-41(38)35-45)46-29-26-39-16-10-12-19-42(39)36-46)30-32-50(53)52-34-33-49-48-24-14-13-17-40(48)27-31-51(49)54(52)56(55,2)44-22-7-4-8-23-44/h3-37H,1-2H3. The predicted octanol–water partition coefficient (Wildman–Crippen LogP) is 15.1. The first-order chi connectivity index (χ1) is 28.0. The van der Waals surface area contributed by atoms with Crippen LogP contribution in [0.2, 0.25) is 0 Å². The third kappa shape index (κ3) is 4.95. The van der Waals surface area contributed by atoms with Gasteiger partial charge < -0.3 is 4.90 Å². The first kappa shape index (κ1) is 33.4. The zero-order valence-corrected chi connectivity index (χ0v) is 32.2. The molecule has 0 aliphatic heterocycles. The second-order valence-electron chi connectivity index (χ2n) is 16.0. The van der Waals surface area contributed by atoms with E-state index < -0.39 is 10.8 Å². The van der Waals surface area contributed by atoms with E-state index in [0.717, 1.165) is 17.1 Å². The van der Waals surface area contributed by atoms with E-state index in [2.05, 4.69) is 231 Å². The molecule has 2 atom stereocenters. The second kappa shape index (κ2) is 12.8. The lowest BCUT2D eigenvalue weighted by atomic mass is 9.48. The Morgan fingerprint density at radius 1 is 0.316 bits per heavy atom. The Morgan fingerprint density at radius 3 is 1.40 bits per heavy atom. The van der Waals surface area contributed by atoms with Gasteiger partial charge in [0, 0.05) is 27.9 Å². The number of hydrogen-bond donors (Lipinski definition) is 0. The largest absolute Gasteiger partial charge is 0.310 e. The molecule has 0 fully saturated rings. The summed E-state index contributed by atoms with van der Waals surface area (Å²) in [4.78, 5) is 2.45. The van der Waals surface area contributed by atoms with Crippen molar-refractivity contribution in [2.75, 3.05) is 4.90 Å². The summed E-state index contributed by atoms with van der Waals surface area (Å²) in [6.07, 6.45) is 0. The summed E-state index contributed by atoms with van der Waals surface area (Å²) in [5.74, 6) is 0. The Kier molecular flexibility index (Phi) is 7.50. The molecule has 0 heterocycles. The predicted molar refractivity (Wildman–Crippen MR) is 242 cm³/mol. The minimum atomic E-state index is -0.480. The molecule has 270 valence electrons. The summed E-state index contributed by atoms with van der Waals surface area (Å²) in [6.45, 7) is 5.00. The van der Waals surface area contributed by atoms with Gasteiger partial charge in [-0.2, -0.15) is 0 Å². The zero-order valence-electron chi connectivity index (χ0n) is 32.2. The van der Waals surface area contributed by atoms with Crippen LogP contribution in [0.5, 0.6) is 0 Å². The average Bonchev–Trinajstić information content (AvgIpc) is 3.28. The average molecular weight is 728 g/mol. The number of rotatable bonds is 5. The Balaban J connectivity index is 1.25. The Labute approximate surface area is 334 Å². The SMILES string of the molecule is CC1(c2ccccc2)c2cc(N(c3ccc4ccccc4c3)c3ccc4ccccc4c3)ccc2-c2ccc3c(ccc4ccccc43)c2C1(C)c1ccccc1. The first-order valence-electron chi connectivity index (χ1n) is 20.0. The zero-order chi connectivity index (χ0) is 38.1. The molecule has 11 rings (SSSR count). The Morgan fingerprint density at radius 2 is 0.772 bits per heavy atom. The molecule has 0 amide bonds. The highest BCUT2D eigenvalue weighted by atomic mass is 15.1. The van der Waals surface area contributed by atoms with Crippen LogP contribution in [0.4, 0.5) is 17.1 Å². The van der Waals surface area contributed by atoms with Gasteiger partial charge in [0.2, 0.25) is 0 Å². The van der Waals surface area contributed by atoms with Crippen molar-refractivity contribution in [2.24, 2.45) is 0 Å². The van der Waals surface area contributed by atoms with Gasteiger partial charge in [0.15, 0.2) is 0 Å². The Hall–Kier alpha value is -6.96. The van der Waals surface area contributed by atoms with E-state index in [0.29, 0.717) is 0 Å². The van der Waals surface area contributed by atoms with Crippen molar-refractivity contribution in [3.63, 3.8) is 0 Å². The van der Waals surface area contributed by atoms with Crippen LogP contribution in [0.1, 0.15) is 36.1 Å². The number of benzene rings is 10. The van der Waals surface area contributed by atoms with E-state index in [1.165, 1.54) is 76.5 Å². The molecule has 2 unspecified atom stereocenters. The summed E-state index contributed by atoms with van der Waals surface area (Å²) in [7, 11) is 0. The molecule has 1 heteroatoms. The number of nitrogens with zero attached hydrogens (tertiary/aromatic N) is 1. The van der Waals surface area contributed by atoms with Crippen molar-refractivity contribution in [1.29, 1.82) is 0 Å². The van der Waals surface area contributed by atoms with E-state index in [9.17, 15) is 0 Å². The molecule has 0 N–H and O–H groups in total. The molecular weight excluding hydrogens is 687 g/mol. The second-order valence-corrected chi connectivity index (χ2v) is 16.0. The van der Waals surface area contributed by atoms with E-state index in [-0.39, 0.29) is 0 Å². The highest BCUT2D eigenvalue weighted by molar-refractivity contribution is 6.11. The molecule has 10 aromatic rings. The molecule has 0 bridgehead atoms. The number of fused-ring (bicyclic) bond motifs is 9. The van der Waals surface area contributed by atoms with Gasteiger partial charge in [0.25, 0.3) is 0 Å². The van der Waals surface area contributed by atoms with Gasteiger partial charge >= 0.3 is 0 Å². The molecule has 0 radical (unpaired) electrons. The number of hydrogen-bond acceptors (Lipinski definition) is 1. The number of anilines is 3. The maximum Gasteiger partial charge on any atom is 0.0468 e. The van der Waals surface area contributed by atoms with Crippen molar-refractivity contribution < 1.29 is 0 Å². The summed E-state index contributed by atoms with van der Waals surface area (Å²) in [5.41, 5.74) is 10.3. The van der Waals surface area contributed by atoms with Gasteiger partial charge in [-0.15, -0.1) is 0 Å². The normalized spacial score (nSPS) is 17.4. The minimum absolute atomic E-state index is 0.463. The van der Waals surface area contributed by atoms with Crippen LogP contribution >= 0.6 is 0 Å². The van der Waals surface area contributed by atoms with Crippen LogP contribution < -0.4 is 4.90 Å². The van der Waals surface area contributed by atoms with Crippen LogP contribution in [0.3, 0.4) is 0 Å². The third-order valence-electron chi connectivity index (χ3n) is 13.2. The van der Waals surface area contributed by atoms with Gasteiger partial charge in [-0.25, -0.2) is 0 Å². The summed E-state index contributed by atoms with van der Waals surface area (Å²) in [5, 5.41) is 10.1. The third-order valence-corrected chi connectivity index (χ3v) is 13.2. The first-order valence-corrected chi connectivity index (χ1v) is 20.0. The van der Waals surface area contributed by atoms with Crippen LogP contribution in [0, 0.1) is 0 Å². The van der Waals surface area contributed by atoms with E-state index >= 15 is 0 Å². The van der Waals surface area contributed by atoms with E-state index in [1.54, 1.807) is 0 Å². The van der Waals surface area contributed by atoms with Crippen LogP contribution in [-0.4, -0.2) is 0 Å². The Bertz CT molecular complexity index is 3080. The monoisotopic (exact) mass is 727 g/mol. The fourth-order valence-corrected chi connectivity index (χ4v) is 10.2. The van der Waals surface area contributed by atoms with Crippen molar-refractivity contribution in [3.05, 3.63) is 235 Å². The molecule has 0 aromatic heterocycles. The van der Waals surface area contributed by atoms with E-state index in [4.69, 9.17) is 0 Å². The fraction of sp³-hybridized carbons (Fsp3) is 0.0714. The van der Waals surface area contributed by atoms with Crippen molar-refractivity contribution in [3.8, 4) is 11.1 Å². The summed E-state index contributed by atoms with van der Waals surface area (Å²) < 4.78 is 0. The van der Waals surface area contributed by atoms with Crippen LogP contribution in [0.25, 0.3) is 54.2 Å². The van der Waals surface area contributed by atoms with Gasteiger partial charge in [-0.1, -0.05) is 190 Å². The summed E-state index contributed by atoms with van der Waals surface area (Å²) in [6, 6.07) is 79.0. The topological polar surface area (TPSA) is 3.24 Å². The maximum absolute atomic E-state index is 2.50. The highest BCUT2D eigenvalue weighted by Gasteiger charge is 2.54. The molecule has 10 aromatic carbocycles. The lowest BCUT2D eigenvalue weighted by Gasteiger charge is -2.53. The lowest BCUT2D eigenvalue weighted by molar-refractivity contribution is 0.358. The van der Waals surface area contributed by atoms with Crippen molar-refractivity contribution >= 4 is 60.2 Å². The molecule has 57 heavy (non-hydrogen) atoms.